The van der Waals surface area contributed by atoms with E-state index in [1.54, 1.807) is 26.8 Å². The SMILES string of the molecule is CC/C=C(\Nc1c(C)[nH]c(/C=C2\C(=O)Nc3c(Br)cc(F)cc32)c1C(F)(F)F)OC(C)(C)C. The lowest BCUT2D eigenvalue weighted by molar-refractivity contribution is -0.137. The first-order valence-corrected chi connectivity index (χ1v) is 11.0. The fraction of sp³-hybridized carbons (Fsp3) is 0.348. The molecular formula is C23H24BrF4N3O2. The number of aryl methyl sites for hydroxylation is 1. The van der Waals surface area contributed by atoms with Crippen LogP contribution in [0.15, 0.2) is 28.6 Å². The maximum Gasteiger partial charge on any atom is 0.420 e. The molecule has 1 aliphatic rings. The molecule has 0 fully saturated rings. The molecule has 0 aliphatic carbocycles. The molecular weight excluding hydrogens is 506 g/mol. The molecule has 0 saturated heterocycles. The third-order valence-corrected chi connectivity index (χ3v) is 5.30. The van der Waals surface area contributed by atoms with Crippen LogP contribution in [-0.4, -0.2) is 16.5 Å². The van der Waals surface area contributed by atoms with Crippen molar-refractivity contribution in [3.63, 3.8) is 0 Å². The van der Waals surface area contributed by atoms with Crippen LogP contribution in [0.3, 0.4) is 0 Å². The Hall–Kier alpha value is -2.75. The second-order valence-electron chi connectivity index (χ2n) is 8.55. The molecule has 3 rings (SSSR count). The molecule has 1 aliphatic heterocycles. The van der Waals surface area contributed by atoms with Crippen LogP contribution in [0, 0.1) is 12.7 Å². The molecule has 0 atom stereocenters. The van der Waals surface area contributed by atoms with Gasteiger partial charge in [0.2, 0.25) is 0 Å². The van der Waals surface area contributed by atoms with Gasteiger partial charge in [0.15, 0.2) is 5.88 Å². The van der Waals surface area contributed by atoms with E-state index in [0.717, 1.165) is 12.1 Å². The van der Waals surface area contributed by atoms with Gasteiger partial charge in [-0.3, -0.25) is 4.79 Å². The van der Waals surface area contributed by atoms with Crippen molar-refractivity contribution >= 4 is 44.9 Å². The Kier molecular flexibility index (Phi) is 6.70. The minimum absolute atomic E-state index is 0.0845. The summed E-state index contributed by atoms with van der Waals surface area (Å²) < 4.78 is 62.5. The van der Waals surface area contributed by atoms with E-state index >= 15 is 0 Å². The van der Waals surface area contributed by atoms with E-state index in [4.69, 9.17) is 4.74 Å². The van der Waals surface area contributed by atoms with Gasteiger partial charge < -0.3 is 20.4 Å². The van der Waals surface area contributed by atoms with E-state index in [0.29, 0.717) is 16.6 Å². The average Bonchev–Trinajstić information content (AvgIpc) is 3.12. The van der Waals surface area contributed by atoms with Crippen molar-refractivity contribution in [2.75, 3.05) is 10.6 Å². The fourth-order valence-corrected chi connectivity index (χ4v) is 4.00. The topological polar surface area (TPSA) is 66.2 Å². The molecule has 3 N–H and O–H groups in total. The van der Waals surface area contributed by atoms with E-state index in [1.165, 1.54) is 13.0 Å². The molecule has 0 spiro atoms. The molecule has 1 aromatic heterocycles. The molecule has 5 nitrogen and oxygen atoms in total. The fourth-order valence-electron chi connectivity index (χ4n) is 3.47. The third kappa shape index (κ3) is 5.43. The number of rotatable bonds is 5. The second kappa shape index (κ2) is 8.89. The molecule has 1 aromatic carbocycles. The predicted octanol–water partition coefficient (Wildman–Crippen LogP) is 7.21. The van der Waals surface area contributed by atoms with E-state index < -0.39 is 29.1 Å². The van der Waals surface area contributed by atoms with Crippen LogP contribution in [-0.2, 0) is 15.7 Å². The lowest BCUT2D eigenvalue weighted by Crippen LogP contribution is -2.22. The highest BCUT2D eigenvalue weighted by molar-refractivity contribution is 9.10. The zero-order valence-electron chi connectivity index (χ0n) is 18.7. The Balaban J connectivity index is 2.15. The van der Waals surface area contributed by atoms with Gasteiger partial charge in [0.25, 0.3) is 5.91 Å². The van der Waals surface area contributed by atoms with Gasteiger partial charge in [-0.2, -0.15) is 13.2 Å². The number of hydrogen-bond donors (Lipinski definition) is 3. The Labute approximate surface area is 197 Å². The highest BCUT2D eigenvalue weighted by atomic mass is 79.9. The summed E-state index contributed by atoms with van der Waals surface area (Å²) in [7, 11) is 0. The largest absolute Gasteiger partial charge is 0.474 e. The Morgan fingerprint density at radius 1 is 1.24 bits per heavy atom. The van der Waals surface area contributed by atoms with E-state index in [9.17, 15) is 22.4 Å². The number of ether oxygens (including phenoxy) is 1. The summed E-state index contributed by atoms with van der Waals surface area (Å²) in [6.07, 6.45) is -1.48. The zero-order chi connectivity index (χ0) is 24.7. The van der Waals surface area contributed by atoms with Crippen LogP contribution in [0.4, 0.5) is 28.9 Å². The summed E-state index contributed by atoms with van der Waals surface area (Å²) in [5, 5.41) is 5.32. The molecule has 1 amide bonds. The number of benzene rings is 1. The number of carbonyl (C=O) groups excluding carboxylic acids is 1. The number of halogens is 5. The minimum atomic E-state index is -4.75. The number of alkyl halides is 3. The van der Waals surface area contributed by atoms with Gasteiger partial charge >= 0.3 is 6.18 Å². The van der Waals surface area contributed by atoms with Crippen molar-refractivity contribution in [2.24, 2.45) is 0 Å². The van der Waals surface area contributed by atoms with Gasteiger partial charge in [-0.15, -0.1) is 0 Å². The van der Waals surface area contributed by atoms with Crippen molar-refractivity contribution in [1.29, 1.82) is 0 Å². The summed E-state index contributed by atoms with van der Waals surface area (Å²) in [5.74, 6) is -1.07. The van der Waals surface area contributed by atoms with Crippen LogP contribution in [0.1, 0.15) is 56.6 Å². The number of aromatic nitrogens is 1. The van der Waals surface area contributed by atoms with Crippen LogP contribution < -0.4 is 10.6 Å². The van der Waals surface area contributed by atoms with Gasteiger partial charge in [-0.1, -0.05) is 6.92 Å². The Bertz CT molecular complexity index is 1160. The molecule has 2 aromatic rings. The van der Waals surface area contributed by atoms with Crippen LogP contribution in [0.5, 0.6) is 0 Å². The monoisotopic (exact) mass is 529 g/mol. The summed E-state index contributed by atoms with van der Waals surface area (Å²) in [4.78, 5) is 15.2. The predicted molar refractivity (Wildman–Crippen MR) is 124 cm³/mol. The van der Waals surface area contributed by atoms with Crippen molar-refractivity contribution in [3.8, 4) is 0 Å². The maximum atomic E-state index is 14.2. The van der Waals surface area contributed by atoms with Crippen molar-refractivity contribution in [2.45, 2.75) is 52.8 Å². The van der Waals surface area contributed by atoms with Gasteiger partial charge in [0.05, 0.1) is 22.6 Å². The lowest BCUT2D eigenvalue weighted by atomic mass is 10.0. The number of hydrogen-bond acceptors (Lipinski definition) is 3. The lowest BCUT2D eigenvalue weighted by Gasteiger charge is -2.25. The van der Waals surface area contributed by atoms with Crippen LogP contribution >= 0.6 is 15.9 Å². The summed E-state index contributed by atoms with van der Waals surface area (Å²) >= 11 is 3.17. The second-order valence-corrected chi connectivity index (χ2v) is 9.40. The highest BCUT2D eigenvalue weighted by Crippen LogP contribution is 2.44. The first kappa shape index (κ1) is 24.9. The van der Waals surface area contributed by atoms with Crippen molar-refractivity contribution in [1.82, 2.24) is 4.98 Å². The average molecular weight is 530 g/mol. The molecule has 0 bridgehead atoms. The van der Waals surface area contributed by atoms with Gasteiger partial charge in [-0.05, 0) is 74.3 Å². The maximum absolute atomic E-state index is 14.2. The Morgan fingerprint density at radius 2 is 1.91 bits per heavy atom. The molecule has 33 heavy (non-hydrogen) atoms. The number of H-pyrrole nitrogens is 1. The number of amides is 1. The highest BCUT2D eigenvalue weighted by Gasteiger charge is 2.39. The number of anilines is 2. The molecule has 2 heterocycles. The van der Waals surface area contributed by atoms with Crippen molar-refractivity contribution < 1.29 is 27.1 Å². The number of fused-ring (bicyclic) bond motifs is 1. The molecule has 0 unspecified atom stereocenters. The number of allylic oxidation sites excluding steroid dienone is 1. The number of aromatic amines is 1. The van der Waals surface area contributed by atoms with Gasteiger partial charge in [-0.25, -0.2) is 4.39 Å². The molecule has 0 saturated carbocycles. The molecule has 178 valence electrons. The summed E-state index contributed by atoms with van der Waals surface area (Å²) in [6.45, 7) is 8.69. The normalized spacial score (nSPS) is 15.6. The van der Waals surface area contributed by atoms with Crippen molar-refractivity contribution in [3.05, 3.63) is 56.9 Å². The minimum Gasteiger partial charge on any atom is -0.474 e. The van der Waals surface area contributed by atoms with Gasteiger partial charge in [0.1, 0.15) is 17.0 Å². The van der Waals surface area contributed by atoms with E-state index in [2.05, 4.69) is 31.5 Å². The molecule has 0 radical (unpaired) electrons. The first-order valence-electron chi connectivity index (χ1n) is 10.2. The quantitative estimate of drug-likeness (QED) is 0.217. The van der Waals surface area contributed by atoms with E-state index in [1.807, 2.05) is 6.92 Å². The van der Waals surface area contributed by atoms with Crippen LogP contribution in [0.25, 0.3) is 11.6 Å². The standard InChI is InChI=1S/C23H24BrF4N3O2/c1-6-7-17(33-22(3,4)5)30-19-11(2)29-16(18(19)23(26,27)28)10-14-13-8-12(25)9-15(24)20(13)31-21(14)32/h7-10,29-30H,6H2,1-5H3,(H,31,32)/b14-10-,17-7+. The van der Waals surface area contributed by atoms with Crippen LogP contribution in [0.2, 0.25) is 0 Å². The van der Waals surface area contributed by atoms with E-state index in [-0.39, 0.29) is 34.1 Å². The first-order chi connectivity index (χ1) is 15.2. The Morgan fingerprint density at radius 3 is 2.48 bits per heavy atom. The number of nitrogens with one attached hydrogen (secondary N) is 3. The summed E-state index contributed by atoms with van der Waals surface area (Å²) in [5.41, 5.74) is -1.57. The molecule has 10 heteroatoms. The number of carbonyl (C=O) groups is 1. The van der Waals surface area contributed by atoms with Gasteiger partial charge in [0, 0.05) is 15.7 Å². The summed E-state index contributed by atoms with van der Waals surface area (Å²) in [6, 6.07) is 2.27. The zero-order valence-corrected chi connectivity index (χ0v) is 20.3. The smallest absolute Gasteiger partial charge is 0.420 e. The third-order valence-electron chi connectivity index (χ3n) is 4.67.